The predicted octanol–water partition coefficient (Wildman–Crippen LogP) is 4.44. The molecular weight excluding hydrogens is 487 g/mol. The molecule has 2 rings (SSSR count). The van der Waals surface area contributed by atoms with Gasteiger partial charge in [0.2, 0.25) is 0 Å². The smallest absolute Gasteiger partial charge is 0.453 e. The molecule has 0 aliphatic rings. The van der Waals surface area contributed by atoms with E-state index in [2.05, 4.69) is 15.9 Å². The number of halogens is 5. The van der Waals surface area contributed by atoms with Crippen molar-refractivity contribution in [3.05, 3.63) is 70.7 Å². The summed E-state index contributed by atoms with van der Waals surface area (Å²) in [5, 5.41) is 0.314. The van der Waals surface area contributed by atoms with Crippen molar-refractivity contribution in [3.63, 3.8) is 0 Å². The lowest BCUT2D eigenvalue weighted by Crippen LogP contribution is -2.40. The van der Waals surface area contributed by atoms with Gasteiger partial charge in [-0.3, -0.25) is 0 Å². The zero-order valence-electron chi connectivity index (χ0n) is 14.0. The molecule has 0 amide bonds. The van der Waals surface area contributed by atoms with Gasteiger partial charge in [0.05, 0.1) is 10.4 Å². The summed E-state index contributed by atoms with van der Waals surface area (Å²) in [6, 6.07) is 14.1. The lowest BCUT2D eigenvalue weighted by molar-refractivity contribution is -0.0448. The first-order chi connectivity index (χ1) is 13.0. The van der Waals surface area contributed by atoms with Crippen LogP contribution in [0.4, 0.5) is 13.2 Å². The molecule has 0 fully saturated rings. The molecule has 0 bridgehead atoms. The summed E-state index contributed by atoms with van der Waals surface area (Å²) in [6.07, 6.45) is -1.11. The highest BCUT2D eigenvalue weighted by Crippen LogP contribution is 2.30. The van der Waals surface area contributed by atoms with Crippen molar-refractivity contribution in [1.29, 1.82) is 0 Å². The highest BCUT2D eigenvalue weighted by molar-refractivity contribution is 9.09. The average Bonchev–Trinajstić information content (AvgIpc) is 2.64. The maximum Gasteiger partial charge on any atom is 0.511 e. The zero-order valence-corrected chi connectivity index (χ0v) is 17.1. The molecule has 2 aromatic rings. The van der Waals surface area contributed by atoms with E-state index in [4.69, 9.17) is 16.3 Å². The van der Waals surface area contributed by atoms with Crippen molar-refractivity contribution in [1.82, 2.24) is 4.72 Å². The Balaban J connectivity index is 2.24. The molecule has 152 valence electrons. The maximum absolute atomic E-state index is 12.5. The topological polar surface area (TPSA) is 72.5 Å². The van der Waals surface area contributed by atoms with Crippen LogP contribution < -0.4 is 4.72 Å². The highest BCUT2D eigenvalue weighted by atomic mass is 79.9. The van der Waals surface area contributed by atoms with Crippen LogP contribution in [0, 0.1) is 0 Å². The van der Waals surface area contributed by atoms with Gasteiger partial charge in [0.1, 0.15) is 6.10 Å². The Hall–Kier alpha value is -1.62. The fourth-order valence-electron chi connectivity index (χ4n) is 2.17. The number of hydrogen-bond donors (Lipinski definition) is 1. The highest BCUT2D eigenvalue weighted by Gasteiger charge is 2.46. The summed E-state index contributed by atoms with van der Waals surface area (Å²) in [6.45, 7) is -0.679. The van der Waals surface area contributed by atoms with Gasteiger partial charge in [-0.1, -0.05) is 57.9 Å². The van der Waals surface area contributed by atoms with E-state index < -0.39 is 39.0 Å². The van der Waals surface area contributed by atoms with Crippen LogP contribution in [-0.2, 0) is 14.8 Å². The minimum atomic E-state index is -5.54. The number of hydrogen-bond acceptors (Lipinski definition) is 4. The van der Waals surface area contributed by atoms with Crippen LogP contribution in [0.1, 0.15) is 22.0 Å². The van der Waals surface area contributed by atoms with Crippen LogP contribution in [0.5, 0.6) is 0 Å². The predicted molar refractivity (Wildman–Crippen MR) is 102 cm³/mol. The number of carbonyl (C=O) groups excluding carboxylic acids is 1. The minimum Gasteiger partial charge on any atom is -0.453 e. The summed E-state index contributed by atoms with van der Waals surface area (Å²) < 4.78 is 66.9. The molecule has 2 atom stereocenters. The Morgan fingerprint density at radius 1 is 1.14 bits per heavy atom. The quantitative estimate of drug-likeness (QED) is 0.451. The molecule has 0 aromatic heterocycles. The number of carbonyl (C=O) groups is 1. The molecule has 11 heteroatoms. The lowest BCUT2D eigenvalue weighted by atomic mass is 10.1. The Morgan fingerprint density at radius 2 is 1.79 bits per heavy atom. The number of ether oxygens (including phenoxy) is 1. The first kappa shape index (κ1) is 22.7. The fourth-order valence-corrected chi connectivity index (χ4v) is 3.72. The minimum absolute atomic E-state index is 0.227. The Morgan fingerprint density at radius 3 is 2.36 bits per heavy atom. The van der Waals surface area contributed by atoms with E-state index in [1.807, 2.05) is 0 Å². The number of rotatable bonds is 7. The van der Waals surface area contributed by atoms with Gasteiger partial charge in [-0.2, -0.15) is 13.2 Å². The molecule has 5 nitrogen and oxygen atoms in total. The molecule has 0 unspecified atom stereocenters. The summed E-state index contributed by atoms with van der Waals surface area (Å²) >= 11 is 9.05. The second kappa shape index (κ2) is 9.25. The van der Waals surface area contributed by atoms with Gasteiger partial charge in [-0.05, 0) is 29.8 Å². The Kier molecular flexibility index (Phi) is 7.49. The maximum atomic E-state index is 12.5. The van der Waals surface area contributed by atoms with Crippen LogP contribution in [0.3, 0.4) is 0 Å². The second-order valence-electron chi connectivity index (χ2n) is 5.56. The normalized spacial score (nSPS) is 14.3. The van der Waals surface area contributed by atoms with Crippen LogP contribution in [0.25, 0.3) is 0 Å². The van der Waals surface area contributed by atoms with Gasteiger partial charge in [0.15, 0.2) is 0 Å². The molecule has 0 aliphatic heterocycles. The summed E-state index contributed by atoms with van der Waals surface area (Å²) in [7, 11) is -5.54. The van der Waals surface area contributed by atoms with E-state index in [0.717, 1.165) is 0 Å². The molecule has 0 radical (unpaired) electrons. The largest absolute Gasteiger partial charge is 0.511 e. The Bertz CT molecular complexity index is 925. The Labute approximate surface area is 173 Å². The third-order valence-corrected chi connectivity index (χ3v) is 5.72. The first-order valence-electron chi connectivity index (χ1n) is 7.73. The molecular formula is C17H14BrClF3NO4S. The van der Waals surface area contributed by atoms with Crippen molar-refractivity contribution in [2.24, 2.45) is 0 Å². The van der Waals surface area contributed by atoms with Gasteiger partial charge in [-0.25, -0.2) is 17.9 Å². The molecule has 0 saturated carbocycles. The standard InChI is InChI=1S/C17H14BrClF3NO4S/c18-14(10-23-28(25,26)17(20,21)22)15(12-7-4-8-13(19)9-12)27-16(24)11-5-2-1-3-6-11/h1-9,14-15,23H,10H2/t14-,15+/m1/s1. The molecule has 28 heavy (non-hydrogen) atoms. The van der Waals surface area contributed by atoms with Gasteiger partial charge in [0, 0.05) is 11.6 Å². The van der Waals surface area contributed by atoms with Gasteiger partial charge < -0.3 is 4.74 Å². The number of esters is 1. The van der Waals surface area contributed by atoms with Crippen molar-refractivity contribution < 1.29 is 31.1 Å². The summed E-state index contributed by atoms with van der Waals surface area (Å²) in [5.41, 5.74) is -4.85. The van der Waals surface area contributed by atoms with Gasteiger partial charge in [-0.15, -0.1) is 0 Å². The number of benzene rings is 2. The number of nitrogens with one attached hydrogen (secondary N) is 1. The van der Waals surface area contributed by atoms with Crippen LogP contribution >= 0.6 is 27.5 Å². The van der Waals surface area contributed by atoms with Crippen molar-refractivity contribution in [3.8, 4) is 0 Å². The van der Waals surface area contributed by atoms with E-state index in [-0.39, 0.29) is 5.56 Å². The van der Waals surface area contributed by atoms with E-state index in [1.165, 1.54) is 22.9 Å². The number of alkyl halides is 4. The van der Waals surface area contributed by atoms with Crippen LogP contribution in [0.15, 0.2) is 54.6 Å². The van der Waals surface area contributed by atoms with E-state index in [0.29, 0.717) is 10.6 Å². The SMILES string of the molecule is O=C(O[C@@H](c1cccc(Cl)c1)[C@H](Br)CNS(=O)(=O)C(F)(F)F)c1ccccc1. The summed E-state index contributed by atoms with van der Waals surface area (Å²) in [5.74, 6) is -0.728. The molecule has 0 spiro atoms. The fraction of sp³-hybridized carbons (Fsp3) is 0.235. The van der Waals surface area contributed by atoms with Crippen LogP contribution in [-0.4, -0.2) is 31.3 Å². The van der Waals surface area contributed by atoms with E-state index in [1.54, 1.807) is 36.4 Å². The third kappa shape index (κ3) is 5.94. The van der Waals surface area contributed by atoms with Crippen molar-refractivity contribution in [2.45, 2.75) is 16.4 Å². The van der Waals surface area contributed by atoms with Crippen LogP contribution in [0.2, 0.25) is 5.02 Å². The molecule has 1 N–H and O–H groups in total. The third-order valence-electron chi connectivity index (χ3n) is 3.52. The lowest BCUT2D eigenvalue weighted by Gasteiger charge is -2.24. The van der Waals surface area contributed by atoms with E-state index in [9.17, 15) is 26.4 Å². The molecule has 0 aliphatic carbocycles. The molecule has 0 heterocycles. The first-order valence-corrected chi connectivity index (χ1v) is 10.5. The monoisotopic (exact) mass is 499 g/mol. The van der Waals surface area contributed by atoms with Crippen molar-refractivity contribution in [2.75, 3.05) is 6.54 Å². The average molecular weight is 501 g/mol. The second-order valence-corrected chi connectivity index (χ2v) is 8.93. The molecule has 0 saturated heterocycles. The number of sulfonamides is 1. The summed E-state index contributed by atoms with van der Waals surface area (Å²) in [4.78, 5) is 11.4. The van der Waals surface area contributed by atoms with Gasteiger partial charge >= 0.3 is 21.5 Å². The van der Waals surface area contributed by atoms with Gasteiger partial charge in [0.25, 0.3) is 0 Å². The molecule has 2 aromatic carbocycles. The van der Waals surface area contributed by atoms with Crippen molar-refractivity contribution >= 4 is 43.5 Å². The zero-order chi connectivity index (χ0) is 20.9. The van der Waals surface area contributed by atoms with E-state index >= 15 is 0 Å².